The van der Waals surface area contributed by atoms with Gasteiger partial charge in [-0.05, 0) is 54.8 Å². The van der Waals surface area contributed by atoms with E-state index in [0.717, 1.165) is 16.6 Å². The second-order valence-corrected chi connectivity index (χ2v) is 8.16. The summed E-state index contributed by atoms with van der Waals surface area (Å²) in [6.07, 6.45) is 1.87. The molecule has 6 heteroatoms. The lowest BCUT2D eigenvalue weighted by atomic mass is 9.90. The Morgan fingerprint density at radius 1 is 1.50 bits per heavy atom. The van der Waals surface area contributed by atoms with Gasteiger partial charge in [0.1, 0.15) is 0 Å². The lowest BCUT2D eigenvalue weighted by Crippen LogP contribution is -2.50. The molecule has 1 aromatic heterocycles. The highest BCUT2D eigenvalue weighted by molar-refractivity contribution is 9.11. The third-order valence-corrected chi connectivity index (χ3v) is 5.77. The number of rotatable bonds is 4. The first-order valence-corrected chi connectivity index (χ1v) is 8.57. The molecular weight excluding hydrogens is 338 g/mol. The van der Waals surface area contributed by atoms with Crippen molar-refractivity contribution in [3.63, 3.8) is 0 Å². The summed E-state index contributed by atoms with van der Waals surface area (Å²) < 4.78 is 1.11. The molecule has 0 spiro atoms. The van der Waals surface area contributed by atoms with Crippen molar-refractivity contribution >= 4 is 33.2 Å². The molecule has 0 saturated carbocycles. The minimum atomic E-state index is -0.197. The Morgan fingerprint density at radius 3 is 2.70 bits per heavy atom. The molecule has 2 heterocycles. The highest BCUT2D eigenvalue weighted by Gasteiger charge is 2.35. The van der Waals surface area contributed by atoms with Crippen molar-refractivity contribution in [3.05, 3.63) is 20.8 Å². The van der Waals surface area contributed by atoms with Crippen LogP contribution in [0.3, 0.4) is 0 Å². The molecule has 0 aromatic carbocycles. The summed E-state index contributed by atoms with van der Waals surface area (Å²) in [6, 6.07) is 4.74. The molecule has 4 nitrogen and oxygen atoms in total. The monoisotopic (exact) mass is 359 g/mol. The van der Waals surface area contributed by atoms with Gasteiger partial charge in [0.05, 0.1) is 15.7 Å². The quantitative estimate of drug-likeness (QED) is 0.867. The number of primary amides is 1. The Kier molecular flexibility index (Phi) is 5.23. The van der Waals surface area contributed by atoms with Crippen LogP contribution in [0, 0.1) is 5.92 Å². The maximum absolute atomic E-state index is 11.5. The van der Waals surface area contributed by atoms with E-state index < -0.39 is 0 Å². The Bertz CT molecular complexity index is 477. The van der Waals surface area contributed by atoms with Crippen molar-refractivity contribution in [2.45, 2.75) is 44.8 Å². The van der Waals surface area contributed by atoms with Gasteiger partial charge in [-0.15, -0.1) is 11.3 Å². The van der Waals surface area contributed by atoms with Gasteiger partial charge in [-0.3, -0.25) is 9.69 Å². The van der Waals surface area contributed by atoms with Gasteiger partial charge >= 0.3 is 0 Å². The van der Waals surface area contributed by atoms with Crippen LogP contribution >= 0.6 is 27.3 Å². The molecule has 0 aliphatic carbocycles. The van der Waals surface area contributed by atoms with E-state index in [1.165, 1.54) is 4.88 Å². The van der Waals surface area contributed by atoms with Crippen molar-refractivity contribution in [2.24, 2.45) is 17.4 Å². The van der Waals surface area contributed by atoms with Crippen LogP contribution in [0.4, 0.5) is 0 Å². The minimum Gasteiger partial charge on any atom is -0.369 e. The normalized spacial score (nSPS) is 27.2. The Balaban J connectivity index is 2.25. The second kappa shape index (κ2) is 6.56. The zero-order valence-corrected chi connectivity index (χ0v) is 14.3. The zero-order valence-electron chi connectivity index (χ0n) is 11.9. The summed E-state index contributed by atoms with van der Waals surface area (Å²) in [5, 5.41) is 0. The number of thiophene rings is 1. The van der Waals surface area contributed by atoms with E-state index in [1.54, 1.807) is 11.3 Å². The first-order chi connectivity index (χ1) is 9.40. The van der Waals surface area contributed by atoms with Crippen LogP contribution in [0.15, 0.2) is 15.9 Å². The summed E-state index contributed by atoms with van der Waals surface area (Å²) in [6.45, 7) is 4.94. The van der Waals surface area contributed by atoms with Crippen LogP contribution in [0.5, 0.6) is 0 Å². The van der Waals surface area contributed by atoms with Crippen LogP contribution in [0.2, 0.25) is 0 Å². The van der Waals surface area contributed by atoms with E-state index in [1.807, 2.05) is 6.92 Å². The fourth-order valence-electron chi connectivity index (χ4n) is 2.97. The van der Waals surface area contributed by atoms with E-state index in [0.29, 0.717) is 12.6 Å². The van der Waals surface area contributed by atoms with Gasteiger partial charge < -0.3 is 11.5 Å². The number of hydrogen-bond donors (Lipinski definition) is 2. The molecule has 4 unspecified atom stereocenters. The lowest BCUT2D eigenvalue weighted by molar-refractivity contribution is -0.124. The predicted molar refractivity (Wildman–Crippen MR) is 86.5 cm³/mol. The fraction of sp³-hybridized carbons (Fsp3) is 0.643. The smallest absolute Gasteiger partial charge is 0.221 e. The Hall–Kier alpha value is -0.430. The van der Waals surface area contributed by atoms with Gasteiger partial charge in [-0.25, -0.2) is 0 Å². The predicted octanol–water partition coefficient (Wildman–Crippen LogP) is 2.48. The molecule has 1 fully saturated rings. The van der Waals surface area contributed by atoms with E-state index in [9.17, 15) is 4.79 Å². The van der Waals surface area contributed by atoms with Crippen molar-refractivity contribution < 1.29 is 4.79 Å². The molecule has 0 radical (unpaired) electrons. The first-order valence-electron chi connectivity index (χ1n) is 6.96. The molecule has 4 N–H and O–H groups in total. The number of halogens is 1. The van der Waals surface area contributed by atoms with Crippen LogP contribution in [0.1, 0.15) is 37.6 Å². The van der Waals surface area contributed by atoms with Crippen molar-refractivity contribution in [1.29, 1.82) is 0 Å². The largest absolute Gasteiger partial charge is 0.369 e. The van der Waals surface area contributed by atoms with Crippen LogP contribution < -0.4 is 11.5 Å². The third-order valence-electron chi connectivity index (χ3n) is 4.07. The zero-order chi connectivity index (χ0) is 14.9. The van der Waals surface area contributed by atoms with E-state index >= 15 is 0 Å². The van der Waals surface area contributed by atoms with Gasteiger partial charge in [0, 0.05) is 23.5 Å². The average Bonchev–Trinajstić information content (AvgIpc) is 2.77. The lowest BCUT2D eigenvalue weighted by Gasteiger charge is -2.43. The maximum Gasteiger partial charge on any atom is 0.221 e. The van der Waals surface area contributed by atoms with E-state index in [2.05, 4.69) is 39.9 Å². The summed E-state index contributed by atoms with van der Waals surface area (Å²) in [5.41, 5.74) is 11.7. The first kappa shape index (κ1) is 15.9. The van der Waals surface area contributed by atoms with Gasteiger partial charge in [-0.1, -0.05) is 0 Å². The molecule has 1 aromatic rings. The van der Waals surface area contributed by atoms with Crippen LogP contribution in [-0.4, -0.2) is 29.4 Å². The number of nitrogens with zero attached hydrogens (tertiary/aromatic N) is 1. The Morgan fingerprint density at radius 2 is 2.20 bits per heavy atom. The third kappa shape index (κ3) is 3.42. The number of carbonyl (C=O) groups excluding carboxylic acids is 1. The topological polar surface area (TPSA) is 72.3 Å². The molecule has 0 bridgehead atoms. The van der Waals surface area contributed by atoms with Crippen molar-refractivity contribution in [2.75, 3.05) is 6.54 Å². The van der Waals surface area contributed by atoms with Crippen molar-refractivity contribution in [1.82, 2.24) is 4.90 Å². The number of amides is 1. The summed E-state index contributed by atoms with van der Waals surface area (Å²) in [5.74, 6) is -0.256. The molecule has 1 aliphatic heterocycles. The SMILES string of the molecule is CC(N)C(c1ccc(Br)s1)N1CC(C(N)=O)CCC1C. The number of hydrogen-bond acceptors (Lipinski definition) is 4. The maximum atomic E-state index is 11.5. The van der Waals surface area contributed by atoms with Gasteiger partial charge in [0.25, 0.3) is 0 Å². The molecule has 1 aliphatic rings. The van der Waals surface area contributed by atoms with Crippen molar-refractivity contribution in [3.8, 4) is 0 Å². The average molecular weight is 360 g/mol. The molecule has 2 rings (SSSR count). The van der Waals surface area contributed by atoms with E-state index in [-0.39, 0.29) is 23.9 Å². The highest BCUT2D eigenvalue weighted by Crippen LogP contribution is 2.36. The number of likely N-dealkylation sites (tertiary alicyclic amines) is 1. The fourth-order valence-corrected chi connectivity index (χ4v) is 4.63. The van der Waals surface area contributed by atoms with E-state index in [4.69, 9.17) is 11.5 Å². The molecule has 20 heavy (non-hydrogen) atoms. The van der Waals surface area contributed by atoms with Gasteiger partial charge in [0.15, 0.2) is 0 Å². The summed E-state index contributed by atoms with van der Waals surface area (Å²) >= 11 is 5.22. The van der Waals surface area contributed by atoms with Gasteiger partial charge in [-0.2, -0.15) is 0 Å². The van der Waals surface area contributed by atoms with Crippen LogP contribution in [0.25, 0.3) is 0 Å². The summed E-state index contributed by atoms with van der Waals surface area (Å²) in [7, 11) is 0. The highest BCUT2D eigenvalue weighted by atomic mass is 79.9. The second-order valence-electron chi connectivity index (χ2n) is 5.67. The number of piperidine rings is 1. The van der Waals surface area contributed by atoms with Gasteiger partial charge in [0.2, 0.25) is 5.91 Å². The molecular formula is C14H22BrN3OS. The molecule has 1 saturated heterocycles. The number of nitrogens with two attached hydrogens (primary N) is 2. The minimum absolute atomic E-state index is 0.00891. The molecule has 4 atom stereocenters. The van der Waals surface area contributed by atoms with Crippen LogP contribution in [-0.2, 0) is 4.79 Å². The molecule has 1 amide bonds. The standard InChI is InChI=1S/C14H22BrN3OS/c1-8-3-4-10(14(17)19)7-18(8)13(9(2)16)11-5-6-12(15)20-11/h5-6,8-10,13H,3-4,7,16H2,1-2H3,(H2,17,19). The Labute approximate surface area is 132 Å². The summed E-state index contributed by atoms with van der Waals surface area (Å²) in [4.78, 5) is 15.1. The number of carbonyl (C=O) groups is 1. The molecule has 112 valence electrons.